The molecule has 1 N–H and O–H groups in total. The van der Waals surface area contributed by atoms with Crippen molar-refractivity contribution in [1.82, 2.24) is 9.78 Å². The first-order valence-electron chi connectivity index (χ1n) is 6.07. The highest BCUT2D eigenvalue weighted by atomic mass is 32.2. The monoisotopic (exact) mass is 270 g/mol. The van der Waals surface area contributed by atoms with Crippen LogP contribution in [0.3, 0.4) is 0 Å². The van der Waals surface area contributed by atoms with Crippen molar-refractivity contribution in [2.24, 2.45) is 7.05 Å². The number of anilines is 1. The molecule has 1 aromatic heterocycles. The van der Waals surface area contributed by atoms with Gasteiger partial charge in [-0.3, -0.25) is 14.8 Å². The normalized spacial score (nSPS) is 23.9. The molecule has 0 atom stereocenters. The third kappa shape index (κ3) is 2.95. The predicted octanol–water partition coefficient (Wildman–Crippen LogP) is 2.41. The minimum Gasteiger partial charge on any atom is -0.360 e. The Bertz CT molecular complexity index is 427. The molecular formula is C11H18N4O2S. The van der Waals surface area contributed by atoms with Crippen LogP contribution in [0.4, 0.5) is 11.5 Å². The molecule has 0 saturated heterocycles. The van der Waals surface area contributed by atoms with E-state index in [1.807, 2.05) is 11.8 Å². The number of rotatable bonds is 4. The summed E-state index contributed by atoms with van der Waals surface area (Å²) in [7, 11) is 1.70. The lowest BCUT2D eigenvalue weighted by Crippen LogP contribution is -2.27. The Balaban J connectivity index is 2.00. The van der Waals surface area contributed by atoms with E-state index in [-0.39, 0.29) is 10.6 Å². The molecule has 0 unspecified atom stereocenters. The summed E-state index contributed by atoms with van der Waals surface area (Å²) in [5.74, 6) is 0.398. The lowest BCUT2D eigenvalue weighted by atomic mass is 9.95. The summed E-state index contributed by atoms with van der Waals surface area (Å²) in [6.07, 6.45) is 8.02. The fourth-order valence-corrected chi connectivity index (χ4v) is 3.09. The highest BCUT2D eigenvalue weighted by Gasteiger charge is 2.25. The van der Waals surface area contributed by atoms with Crippen LogP contribution >= 0.6 is 11.8 Å². The van der Waals surface area contributed by atoms with Gasteiger partial charge in [-0.15, -0.1) is 5.10 Å². The second-order valence-corrected chi connectivity index (χ2v) is 5.79. The molecule has 0 aliphatic heterocycles. The maximum absolute atomic E-state index is 10.9. The lowest BCUT2D eigenvalue weighted by molar-refractivity contribution is -0.384. The topological polar surface area (TPSA) is 73.0 Å². The van der Waals surface area contributed by atoms with Gasteiger partial charge in [0.2, 0.25) is 5.82 Å². The van der Waals surface area contributed by atoms with Gasteiger partial charge in [0.1, 0.15) is 6.20 Å². The number of hydrogen-bond acceptors (Lipinski definition) is 5. The zero-order valence-electron chi connectivity index (χ0n) is 10.6. The van der Waals surface area contributed by atoms with Crippen molar-refractivity contribution in [3.8, 4) is 0 Å². The van der Waals surface area contributed by atoms with E-state index in [4.69, 9.17) is 0 Å². The standard InChI is InChI=1S/C11H18N4O2S/c1-14-7-10(15(16)17)11(13-14)12-8-3-5-9(18-2)6-4-8/h7-9H,3-6H2,1-2H3,(H,12,13). The lowest BCUT2D eigenvalue weighted by Gasteiger charge is -2.27. The van der Waals surface area contributed by atoms with E-state index in [9.17, 15) is 10.1 Å². The van der Waals surface area contributed by atoms with Crippen molar-refractivity contribution in [1.29, 1.82) is 0 Å². The van der Waals surface area contributed by atoms with Crippen molar-refractivity contribution < 1.29 is 4.92 Å². The Kier molecular flexibility index (Phi) is 4.11. The Labute approximate surface area is 110 Å². The Hall–Kier alpha value is -1.24. The van der Waals surface area contributed by atoms with Crippen molar-refractivity contribution in [3.05, 3.63) is 16.3 Å². The molecule has 0 aromatic carbocycles. The maximum atomic E-state index is 10.9. The Morgan fingerprint density at radius 1 is 1.50 bits per heavy atom. The Morgan fingerprint density at radius 3 is 2.72 bits per heavy atom. The van der Waals surface area contributed by atoms with E-state index in [0.29, 0.717) is 11.9 Å². The van der Waals surface area contributed by atoms with Crippen LogP contribution in [-0.4, -0.2) is 32.3 Å². The highest BCUT2D eigenvalue weighted by molar-refractivity contribution is 7.99. The van der Waals surface area contributed by atoms with Gasteiger partial charge in [-0.2, -0.15) is 11.8 Å². The van der Waals surface area contributed by atoms with Gasteiger partial charge in [-0.05, 0) is 31.9 Å². The molecule has 18 heavy (non-hydrogen) atoms. The fraction of sp³-hybridized carbons (Fsp3) is 0.727. The maximum Gasteiger partial charge on any atom is 0.330 e. The van der Waals surface area contributed by atoms with E-state index < -0.39 is 0 Å². The summed E-state index contributed by atoms with van der Waals surface area (Å²) < 4.78 is 1.48. The van der Waals surface area contributed by atoms with Crippen molar-refractivity contribution in [2.75, 3.05) is 11.6 Å². The number of aryl methyl sites for hydroxylation is 1. The number of nitro groups is 1. The average Bonchev–Trinajstić information content (AvgIpc) is 2.71. The van der Waals surface area contributed by atoms with Crippen LogP contribution in [0.15, 0.2) is 6.20 Å². The van der Waals surface area contributed by atoms with Crippen molar-refractivity contribution >= 4 is 23.3 Å². The van der Waals surface area contributed by atoms with Gasteiger partial charge >= 0.3 is 5.69 Å². The zero-order chi connectivity index (χ0) is 13.1. The SMILES string of the molecule is CSC1CCC(Nc2nn(C)cc2[N+](=O)[O-])CC1. The minimum atomic E-state index is -0.386. The van der Waals surface area contributed by atoms with E-state index in [1.165, 1.54) is 23.7 Å². The second-order valence-electron chi connectivity index (χ2n) is 4.65. The van der Waals surface area contributed by atoms with Gasteiger partial charge in [-0.1, -0.05) is 0 Å². The zero-order valence-corrected chi connectivity index (χ0v) is 11.4. The van der Waals surface area contributed by atoms with Crippen LogP contribution in [0, 0.1) is 10.1 Å². The number of nitrogens with zero attached hydrogens (tertiary/aromatic N) is 3. The van der Waals surface area contributed by atoms with Crippen molar-refractivity contribution in [3.63, 3.8) is 0 Å². The van der Waals surface area contributed by atoms with Gasteiger partial charge < -0.3 is 5.32 Å². The molecule has 1 fully saturated rings. The molecule has 1 heterocycles. The molecule has 100 valence electrons. The summed E-state index contributed by atoms with van der Waals surface area (Å²) in [6, 6.07) is 0.307. The smallest absolute Gasteiger partial charge is 0.330 e. The third-order valence-electron chi connectivity index (χ3n) is 3.35. The summed E-state index contributed by atoms with van der Waals surface area (Å²) in [6.45, 7) is 0. The van der Waals surface area contributed by atoms with E-state index >= 15 is 0 Å². The molecule has 2 rings (SSSR count). The fourth-order valence-electron chi connectivity index (χ4n) is 2.35. The van der Waals surface area contributed by atoms with E-state index in [2.05, 4.69) is 16.7 Å². The van der Waals surface area contributed by atoms with Gasteiger partial charge in [0.05, 0.1) is 4.92 Å². The van der Waals surface area contributed by atoms with Gasteiger partial charge in [0.25, 0.3) is 0 Å². The van der Waals surface area contributed by atoms with Crippen LogP contribution in [0.1, 0.15) is 25.7 Å². The van der Waals surface area contributed by atoms with Crippen LogP contribution in [0.5, 0.6) is 0 Å². The molecule has 1 aromatic rings. The van der Waals surface area contributed by atoms with Crippen LogP contribution in [-0.2, 0) is 7.05 Å². The predicted molar refractivity (Wildman–Crippen MR) is 73.0 cm³/mol. The average molecular weight is 270 g/mol. The molecule has 0 amide bonds. The molecule has 0 radical (unpaired) electrons. The number of nitrogens with one attached hydrogen (secondary N) is 1. The quantitative estimate of drug-likeness (QED) is 0.672. The van der Waals surface area contributed by atoms with Crippen LogP contribution in [0.25, 0.3) is 0 Å². The number of thioether (sulfide) groups is 1. The first kappa shape index (κ1) is 13.2. The molecule has 1 saturated carbocycles. The first-order chi connectivity index (χ1) is 8.60. The Morgan fingerprint density at radius 2 is 2.17 bits per heavy atom. The van der Waals surface area contributed by atoms with E-state index in [0.717, 1.165) is 18.1 Å². The largest absolute Gasteiger partial charge is 0.360 e. The van der Waals surface area contributed by atoms with E-state index in [1.54, 1.807) is 7.05 Å². The van der Waals surface area contributed by atoms with Crippen molar-refractivity contribution in [2.45, 2.75) is 37.0 Å². The van der Waals surface area contributed by atoms with Gasteiger partial charge in [0.15, 0.2) is 0 Å². The molecule has 0 bridgehead atoms. The van der Waals surface area contributed by atoms with Crippen LogP contribution in [0.2, 0.25) is 0 Å². The first-order valence-corrected chi connectivity index (χ1v) is 7.36. The molecule has 7 heteroatoms. The third-order valence-corrected chi connectivity index (χ3v) is 4.49. The second kappa shape index (κ2) is 5.60. The van der Waals surface area contributed by atoms with Gasteiger partial charge in [-0.25, -0.2) is 0 Å². The molecule has 1 aliphatic rings. The highest BCUT2D eigenvalue weighted by Crippen LogP contribution is 2.30. The molecule has 1 aliphatic carbocycles. The number of hydrogen-bond donors (Lipinski definition) is 1. The summed E-state index contributed by atoms with van der Waals surface area (Å²) in [5, 5.41) is 19.0. The molecule has 0 spiro atoms. The molecule has 6 nitrogen and oxygen atoms in total. The summed E-state index contributed by atoms with van der Waals surface area (Å²) in [4.78, 5) is 10.5. The van der Waals surface area contributed by atoms with Gasteiger partial charge in [0, 0.05) is 18.3 Å². The molecular weight excluding hydrogens is 252 g/mol. The van der Waals surface area contributed by atoms with Crippen LogP contribution < -0.4 is 5.32 Å². The summed E-state index contributed by atoms with van der Waals surface area (Å²) in [5.41, 5.74) is 0.0597. The minimum absolute atomic E-state index is 0.0597. The number of aromatic nitrogens is 2. The summed E-state index contributed by atoms with van der Waals surface area (Å²) >= 11 is 1.91.